The largest absolute Gasteiger partial charge is 0.390 e. The van der Waals surface area contributed by atoms with E-state index in [1.165, 1.54) is 25.7 Å². The Morgan fingerprint density at radius 1 is 1.09 bits per heavy atom. The maximum atomic E-state index is 11.0. The summed E-state index contributed by atoms with van der Waals surface area (Å²) in [6.07, 6.45) is 9.15. The summed E-state index contributed by atoms with van der Waals surface area (Å²) >= 11 is 0. The lowest BCUT2D eigenvalue weighted by Crippen LogP contribution is -2.63. The Kier molecular flexibility index (Phi) is 3.90. The lowest BCUT2D eigenvalue weighted by molar-refractivity contribution is -0.203. The van der Waals surface area contributed by atoms with Crippen LogP contribution < -0.4 is 5.73 Å². The maximum absolute atomic E-state index is 11.0. The minimum atomic E-state index is -0.582. The molecule has 0 radical (unpaired) electrons. The van der Waals surface area contributed by atoms with Crippen LogP contribution in [0, 0.1) is 35.0 Å². The molecule has 0 aromatic heterocycles. The van der Waals surface area contributed by atoms with Gasteiger partial charge in [-0.05, 0) is 86.9 Å². The topological polar surface area (TPSA) is 66.5 Å². The summed E-state index contributed by atoms with van der Waals surface area (Å²) in [5.41, 5.74) is 7.97. The van der Waals surface area contributed by atoms with Crippen LogP contribution in [-0.2, 0) is 0 Å². The van der Waals surface area contributed by atoms with E-state index in [1.54, 1.807) is 5.57 Å². The van der Waals surface area contributed by atoms with Crippen molar-refractivity contribution in [1.82, 2.24) is 0 Å². The molecule has 0 heterocycles. The number of hydrogen-bond donors (Lipinski definition) is 3. The van der Waals surface area contributed by atoms with Gasteiger partial charge in [-0.15, -0.1) is 0 Å². The smallest absolute Gasteiger partial charge is 0.0836 e. The standard InChI is InChI=1S/C20H33NO2/c1-3-11-4-5-14-13(11)6-7-15-17(14)19(23)18(22)16-10-12(21)8-9-20(15,16)2/h3,12-19,22-23H,4-10,21H2,1-2H3/b11-3-/t12-,13?,14?,15?,16?,17?,18+,19?,20+/m0/s1. The van der Waals surface area contributed by atoms with Crippen LogP contribution in [0.4, 0.5) is 0 Å². The first-order valence-corrected chi connectivity index (χ1v) is 9.74. The number of aliphatic hydroxyl groups is 2. The van der Waals surface area contributed by atoms with Crippen LogP contribution in [0.25, 0.3) is 0 Å². The second-order valence-electron chi connectivity index (χ2n) is 9.06. The summed E-state index contributed by atoms with van der Waals surface area (Å²) in [5, 5.41) is 21.9. The van der Waals surface area contributed by atoms with Gasteiger partial charge in [-0.2, -0.15) is 0 Å². The molecule has 0 aromatic rings. The SMILES string of the molecule is C/C=C1/CCC2C1CCC1C2C(O)[C@H](O)C2C[C@@H](N)CC[C@]12C. The van der Waals surface area contributed by atoms with E-state index < -0.39 is 12.2 Å². The highest BCUT2D eigenvalue weighted by Gasteiger charge is 2.61. The zero-order valence-corrected chi connectivity index (χ0v) is 14.6. The van der Waals surface area contributed by atoms with Gasteiger partial charge in [-0.3, -0.25) is 0 Å². The summed E-state index contributed by atoms with van der Waals surface area (Å²) < 4.78 is 0. The number of nitrogens with two attached hydrogens (primary N) is 1. The third-order valence-electron chi connectivity index (χ3n) is 8.34. The second kappa shape index (κ2) is 5.57. The predicted molar refractivity (Wildman–Crippen MR) is 91.6 cm³/mol. The van der Waals surface area contributed by atoms with Gasteiger partial charge >= 0.3 is 0 Å². The number of aliphatic hydroxyl groups excluding tert-OH is 2. The van der Waals surface area contributed by atoms with Gasteiger partial charge in [-0.1, -0.05) is 18.6 Å². The van der Waals surface area contributed by atoms with E-state index >= 15 is 0 Å². The number of fused-ring (bicyclic) bond motifs is 5. The van der Waals surface area contributed by atoms with Crippen molar-refractivity contribution in [3.05, 3.63) is 11.6 Å². The van der Waals surface area contributed by atoms with Crippen molar-refractivity contribution < 1.29 is 10.2 Å². The highest BCUT2D eigenvalue weighted by Crippen LogP contribution is 2.63. The number of hydrogen-bond acceptors (Lipinski definition) is 3. The molecule has 4 rings (SSSR count). The predicted octanol–water partition coefficient (Wildman–Crippen LogP) is 2.85. The van der Waals surface area contributed by atoms with Crippen molar-refractivity contribution in [3.63, 3.8) is 0 Å². The molecule has 23 heavy (non-hydrogen) atoms. The molecule has 0 saturated heterocycles. The van der Waals surface area contributed by atoms with Gasteiger partial charge in [0.2, 0.25) is 0 Å². The minimum Gasteiger partial charge on any atom is -0.390 e. The van der Waals surface area contributed by atoms with Crippen molar-refractivity contribution in [2.75, 3.05) is 0 Å². The Bertz CT molecular complexity index is 504. The highest BCUT2D eigenvalue weighted by atomic mass is 16.3. The number of allylic oxidation sites excluding steroid dienone is 2. The molecule has 0 amide bonds. The Morgan fingerprint density at radius 2 is 1.87 bits per heavy atom. The van der Waals surface area contributed by atoms with Crippen LogP contribution in [0.1, 0.15) is 58.8 Å². The summed E-state index contributed by atoms with van der Waals surface area (Å²) in [6, 6.07) is 0.198. The average molecular weight is 319 g/mol. The van der Waals surface area contributed by atoms with Gasteiger partial charge in [0, 0.05) is 6.04 Å². The molecule has 9 atom stereocenters. The van der Waals surface area contributed by atoms with Crippen molar-refractivity contribution in [3.8, 4) is 0 Å². The summed E-state index contributed by atoms with van der Waals surface area (Å²) in [6.45, 7) is 4.55. The molecule has 6 unspecified atom stereocenters. The molecule has 3 nitrogen and oxygen atoms in total. The molecule has 130 valence electrons. The van der Waals surface area contributed by atoms with E-state index in [4.69, 9.17) is 5.73 Å². The third-order valence-corrected chi connectivity index (χ3v) is 8.34. The van der Waals surface area contributed by atoms with Crippen molar-refractivity contribution >= 4 is 0 Å². The minimum absolute atomic E-state index is 0.169. The fraction of sp³-hybridized carbons (Fsp3) is 0.900. The van der Waals surface area contributed by atoms with E-state index in [0.717, 1.165) is 19.3 Å². The van der Waals surface area contributed by atoms with Crippen LogP contribution in [0.2, 0.25) is 0 Å². The lowest BCUT2D eigenvalue weighted by atomic mass is 9.45. The average Bonchev–Trinajstić information content (AvgIpc) is 2.97. The van der Waals surface area contributed by atoms with Crippen molar-refractivity contribution in [2.45, 2.75) is 77.0 Å². The van der Waals surface area contributed by atoms with Gasteiger partial charge < -0.3 is 15.9 Å². The molecule has 0 aliphatic heterocycles. The molecular formula is C20H33NO2. The van der Waals surface area contributed by atoms with E-state index in [2.05, 4.69) is 19.9 Å². The summed E-state index contributed by atoms with van der Waals surface area (Å²) in [7, 11) is 0. The Hall–Kier alpha value is -0.380. The van der Waals surface area contributed by atoms with Crippen LogP contribution in [0.5, 0.6) is 0 Å². The van der Waals surface area contributed by atoms with Gasteiger partial charge in [0.1, 0.15) is 0 Å². The first kappa shape index (κ1) is 16.1. The van der Waals surface area contributed by atoms with E-state index in [0.29, 0.717) is 17.8 Å². The van der Waals surface area contributed by atoms with Crippen LogP contribution in [-0.4, -0.2) is 28.5 Å². The van der Waals surface area contributed by atoms with Gasteiger partial charge in [-0.25, -0.2) is 0 Å². The van der Waals surface area contributed by atoms with E-state index in [9.17, 15) is 10.2 Å². The van der Waals surface area contributed by atoms with E-state index in [1.807, 2.05) is 0 Å². The summed E-state index contributed by atoms with van der Waals surface area (Å²) in [4.78, 5) is 0. The molecule has 3 heteroatoms. The molecule has 4 aliphatic rings. The molecule has 4 fully saturated rings. The molecule has 0 spiro atoms. The molecule has 0 bridgehead atoms. The third kappa shape index (κ3) is 2.19. The Labute approximate surface area is 140 Å². The van der Waals surface area contributed by atoms with Crippen molar-refractivity contribution in [2.24, 2.45) is 40.7 Å². The van der Waals surface area contributed by atoms with Crippen molar-refractivity contribution in [1.29, 1.82) is 0 Å². The summed E-state index contributed by atoms with van der Waals surface area (Å²) in [5.74, 6) is 2.28. The van der Waals surface area contributed by atoms with Gasteiger partial charge in [0.05, 0.1) is 12.2 Å². The van der Waals surface area contributed by atoms with E-state index in [-0.39, 0.29) is 23.3 Å². The fourth-order valence-corrected chi connectivity index (χ4v) is 7.17. The molecule has 4 N–H and O–H groups in total. The van der Waals surface area contributed by atoms with Crippen LogP contribution in [0.3, 0.4) is 0 Å². The maximum Gasteiger partial charge on any atom is 0.0836 e. The van der Waals surface area contributed by atoms with Gasteiger partial charge in [0.25, 0.3) is 0 Å². The number of rotatable bonds is 0. The molecule has 4 aliphatic carbocycles. The van der Waals surface area contributed by atoms with Crippen LogP contribution >= 0.6 is 0 Å². The van der Waals surface area contributed by atoms with Gasteiger partial charge in [0.15, 0.2) is 0 Å². The second-order valence-corrected chi connectivity index (χ2v) is 9.06. The Balaban J connectivity index is 1.69. The molecule has 4 saturated carbocycles. The monoisotopic (exact) mass is 319 g/mol. The normalized spacial score (nSPS) is 57.7. The Morgan fingerprint density at radius 3 is 2.61 bits per heavy atom. The zero-order chi connectivity index (χ0) is 16.4. The quantitative estimate of drug-likeness (QED) is 0.602. The molecular weight excluding hydrogens is 286 g/mol. The lowest BCUT2D eigenvalue weighted by Gasteiger charge is -2.61. The zero-order valence-electron chi connectivity index (χ0n) is 14.6. The molecule has 0 aromatic carbocycles. The first-order chi connectivity index (χ1) is 11.0. The highest BCUT2D eigenvalue weighted by molar-refractivity contribution is 5.19. The first-order valence-electron chi connectivity index (χ1n) is 9.74. The fourth-order valence-electron chi connectivity index (χ4n) is 7.17. The van der Waals surface area contributed by atoms with Crippen LogP contribution in [0.15, 0.2) is 11.6 Å².